The Kier molecular flexibility index (Phi) is 4.94. The van der Waals surface area contributed by atoms with Gasteiger partial charge in [0.15, 0.2) is 11.9 Å². The Balaban J connectivity index is 1.50. The van der Waals surface area contributed by atoms with E-state index in [4.69, 9.17) is 15.0 Å². The maximum atomic E-state index is 6.43. The van der Waals surface area contributed by atoms with Crippen molar-refractivity contribution in [2.24, 2.45) is 5.73 Å². The van der Waals surface area contributed by atoms with Gasteiger partial charge in [0.2, 0.25) is 0 Å². The Labute approximate surface area is 159 Å². The minimum atomic E-state index is -0.452. The predicted molar refractivity (Wildman–Crippen MR) is 103 cm³/mol. The number of rotatable bonds is 6. The van der Waals surface area contributed by atoms with Crippen LogP contribution >= 0.6 is 0 Å². The van der Waals surface area contributed by atoms with Gasteiger partial charge in [-0.25, -0.2) is 0 Å². The number of para-hydroxylation sites is 1. The molecule has 1 aliphatic carbocycles. The van der Waals surface area contributed by atoms with Gasteiger partial charge in [-0.2, -0.15) is 4.98 Å². The topological polar surface area (TPSA) is 74.2 Å². The van der Waals surface area contributed by atoms with Gasteiger partial charge in [0, 0.05) is 6.42 Å². The molecule has 0 amide bonds. The molecule has 0 radical (unpaired) electrons. The van der Waals surface area contributed by atoms with Gasteiger partial charge in [-0.15, -0.1) is 0 Å². The second-order valence-corrected chi connectivity index (χ2v) is 7.35. The summed E-state index contributed by atoms with van der Waals surface area (Å²) in [5.41, 5.74) is 8.35. The maximum absolute atomic E-state index is 6.43. The van der Waals surface area contributed by atoms with E-state index < -0.39 is 5.54 Å². The quantitative estimate of drug-likeness (QED) is 0.696. The van der Waals surface area contributed by atoms with E-state index in [2.05, 4.69) is 28.3 Å². The molecular formula is C22H25N3O2. The van der Waals surface area contributed by atoms with Gasteiger partial charge < -0.3 is 15.0 Å². The van der Waals surface area contributed by atoms with Crippen molar-refractivity contribution in [3.63, 3.8) is 0 Å². The Bertz CT molecular complexity index is 885. The average Bonchev–Trinajstić information content (AvgIpc) is 3.34. The van der Waals surface area contributed by atoms with Gasteiger partial charge in [0.05, 0.1) is 5.54 Å². The number of hydrogen-bond donors (Lipinski definition) is 1. The second-order valence-electron chi connectivity index (χ2n) is 7.35. The fourth-order valence-corrected chi connectivity index (χ4v) is 3.65. The highest BCUT2D eigenvalue weighted by molar-refractivity contribution is 5.37. The Morgan fingerprint density at radius 1 is 1.07 bits per heavy atom. The highest BCUT2D eigenvalue weighted by Crippen LogP contribution is 2.35. The van der Waals surface area contributed by atoms with Crippen LogP contribution in [0.15, 0.2) is 59.1 Å². The second kappa shape index (κ2) is 7.53. The first-order valence-corrected chi connectivity index (χ1v) is 9.55. The Morgan fingerprint density at radius 2 is 1.78 bits per heavy atom. The molecular weight excluding hydrogens is 338 g/mol. The van der Waals surface area contributed by atoms with Gasteiger partial charge in [-0.1, -0.05) is 66.5 Å². The number of aromatic nitrogens is 2. The summed E-state index contributed by atoms with van der Waals surface area (Å²) in [5, 5.41) is 4.13. The molecule has 0 aliphatic heterocycles. The molecule has 1 aromatic heterocycles. The lowest BCUT2D eigenvalue weighted by molar-refractivity contribution is 0.174. The lowest BCUT2D eigenvalue weighted by Gasteiger charge is -2.18. The zero-order valence-corrected chi connectivity index (χ0v) is 15.6. The molecule has 4 rings (SSSR count). The normalized spacial score (nSPS) is 17.0. The summed E-state index contributed by atoms with van der Waals surface area (Å²) < 4.78 is 11.6. The molecule has 2 aromatic carbocycles. The van der Waals surface area contributed by atoms with E-state index in [0.717, 1.165) is 43.4 Å². The van der Waals surface area contributed by atoms with Crippen LogP contribution in [0.2, 0.25) is 0 Å². The highest BCUT2D eigenvalue weighted by Gasteiger charge is 2.36. The van der Waals surface area contributed by atoms with Crippen molar-refractivity contribution in [2.75, 3.05) is 0 Å². The van der Waals surface area contributed by atoms with Gasteiger partial charge >= 0.3 is 0 Å². The van der Waals surface area contributed by atoms with Crippen molar-refractivity contribution < 1.29 is 9.26 Å². The first kappa shape index (κ1) is 17.7. The minimum Gasteiger partial charge on any atom is -0.481 e. The van der Waals surface area contributed by atoms with Crippen molar-refractivity contribution in [3.8, 4) is 5.75 Å². The molecule has 140 valence electrons. The third kappa shape index (κ3) is 3.88. The summed E-state index contributed by atoms with van der Waals surface area (Å²) in [6.45, 7) is 1.93. The maximum Gasteiger partial charge on any atom is 0.267 e. The van der Waals surface area contributed by atoms with E-state index in [9.17, 15) is 0 Å². The van der Waals surface area contributed by atoms with Crippen molar-refractivity contribution >= 4 is 0 Å². The van der Waals surface area contributed by atoms with Crippen LogP contribution in [-0.4, -0.2) is 10.1 Å². The van der Waals surface area contributed by atoms with Gasteiger partial charge in [0.25, 0.3) is 5.89 Å². The molecule has 0 saturated heterocycles. The van der Waals surface area contributed by atoms with Crippen LogP contribution in [0.1, 0.15) is 61.6 Å². The van der Waals surface area contributed by atoms with E-state index in [1.54, 1.807) is 0 Å². The monoisotopic (exact) mass is 363 g/mol. The van der Waals surface area contributed by atoms with Crippen LogP contribution in [0.25, 0.3) is 0 Å². The highest BCUT2D eigenvalue weighted by atomic mass is 16.5. The molecule has 1 saturated carbocycles. The van der Waals surface area contributed by atoms with Crippen molar-refractivity contribution in [2.45, 2.75) is 50.7 Å². The molecule has 5 nitrogen and oxygen atoms in total. The SMILES string of the molecule is CC(Oc1ccccc1Cc1ccccc1)c1nc(C2(N)CCCC2)no1. The molecule has 1 atom stereocenters. The fraction of sp³-hybridized carbons (Fsp3) is 0.364. The fourth-order valence-electron chi connectivity index (χ4n) is 3.65. The zero-order valence-electron chi connectivity index (χ0n) is 15.6. The minimum absolute atomic E-state index is 0.340. The predicted octanol–water partition coefficient (Wildman–Crippen LogP) is 4.53. The molecule has 1 fully saturated rings. The molecule has 2 N–H and O–H groups in total. The largest absolute Gasteiger partial charge is 0.481 e. The summed E-state index contributed by atoms with van der Waals surface area (Å²) >= 11 is 0. The van der Waals surface area contributed by atoms with E-state index in [-0.39, 0.29) is 6.10 Å². The number of hydrogen-bond acceptors (Lipinski definition) is 5. The zero-order chi connectivity index (χ0) is 18.7. The van der Waals surface area contributed by atoms with Crippen LogP contribution in [0, 0.1) is 0 Å². The van der Waals surface area contributed by atoms with Crippen molar-refractivity contribution in [1.29, 1.82) is 0 Å². The number of benzene rings is 2. The summed E-state index contributed by atoms with van der Waals surface area (Å²) in [5.74, 6) is 1.90. The molecule has 1 aliphatic rings. The number of ether oxygens (including phenoxy) is 1. The molecule has 5 heteroatoms. The number of nitrogens with zero attached hydrogens (tertiary/aromatic N) is 2. The Hall–Kier alpha value is -2.66. The van der Waals surface area contributed by atoms with Gasteiger partial charge in [-0.05, 0) is 37.0 Å². The summed E-state index contributed by atoms with van der Waals surface area (Å²) in [7, 11) is 0. The molecule has 3 aromatic rings. The van der Waals surface area contributed by atoms with E-state index in [0.29, 0.717) is 11.7 Å². The van der Waals surface area contributed by atoms with Gasteiger partial charge in [-0.3, -0.25) is 0 Å². The molecule has 1 unspecified atom stereocenters. The van der Waals surface area contributed by atoms with Crippen LogP contribution in [-0.2, 0) is 12.0 Å². The van der Waals surface area contributed by atoms with E-state index in [1.807, 2.05) is 43.3 Å². The standard InChI is InChI=1S/C22H25N3O2/c1-16(20-24-21(25-27-20)22(23)13-7-8-14-22)26-19-12-6-5-11-18(19)15-17-9-3-2-4-10-17/h2-6,9-12,16H,7-8,13-15,23H2,1H3. The first-order valence-electron chi connectivity index (χ1n) is 9.55. The summed E-state index contributed by atoms with van der Waals surface area (Å²) in [6, 6.07) is 18.4. The van der Waals surface area contributed by atoms with Crippen LogP contribution in [0.3, 0.4) is 0 Å². The van der Waals surface area contributed by atoms with E-state index in [1.165, 1.54) is 5.56 Å². The first-order chi connectivity index (χ1) is 13.1. The smallest absolute Gasteiger partial charge is 0.267 e. The van der Waals surface area contributed by atoms with Crippen molar-refractivity contribution in [1.82, 2.24) is 10.1 Å². The van der Waals surface area contributed by atoms with Crippen molar-refractivity contribution in [3.05, 3.63) is 77.4 Å². The number of nitrogens with two attached hydrogens (primary N) is 1. The third-order valence-electron chi connectivity index (χ3n) is 5.24. The lowest BCUT2D eigenvalue weighted by atomic mass is 9.99. The average molecular weight is 363 g/mol. The summed E-state index contributed by atoms with van der Waals surface area (Å²) in [6.07, 6.45) is 4.50. The lowest BCUT2D eigenvalue weighted by Crippen LogP contribution is -2.34. The summed E-state index contributed by atoms with van der Waals surface area (Å²) in [4.78, 5) is 4.55. The van der Waals surface area contributed by atoms with Gasteiger partial charge in [0.1, 0.15) is 5.75 Å². The molecule has 27 heavy (non-hydrogen) atoms. The van der Waals surface area contributed by atoms with Crippen LogP contribution in [0.5, 0.6) is 5.75 Å². The van der Waals surface area contributed by atoms with Crippen LogP contribution < -0.4 is 10.5 Å². The van der Waals surface area contributed by atoms with Crippen LogP contribution in [0.4, 0.5) is 0 Å². The Morgan fingerprint density at radius 3 is 2.56 bits per heavy atom. The third-order valence-corrected chi connectivity index (χ3v) is 5.24. The molecule has 0 bridgehead atoms. The molecule has 1 heterocycles. The molecule has 0 spiro atoms. The van der Waals surface area contributed by atoms with E-state index >= 15 is 0 Å².